The van der Waals surface area contributed by atoms with Gasteiger partial charge in [0.15, 0.2) is 5.52 Å². The van der Waals surface area contributed by atoms with Gasteiger partial charge in [0.05, 0.1) is 5.52 Å². The molecule has 0 radical (unpaired) electrons. The van der Waals surface area contributed by atoms with Gasteiger partial charge < -0.3 is 9.77 Å². The number of fused-ring (bicyclic) bond motifs is 3. The number of para-hydroxylation sites is 1. The largest absolute Gasteiger partial charge is 0.710 e. The molecule has 0 fully saturated rings. The topological polar surface area (TPSA) is 70.8 Å². The molecule has 0 bridgehead atoms. The van der Waals surface area contributed by atoms with E-state index in [4.69, 9.17) is 10.7 Å². The van der Waals surface area contributed by atoms with E-state index < -0.39 is 0 Å². The van der Waals surface area contributed by atoms with Crippen molar-refractivity contribution in [2.75, 3.05) is 5.73 Å². The molecule has 0 unspecified atom stereocenters. The molecule has 0 aliphatic carbocycles. The first-order valence-corrected chi connectivity index (χ1v) is 9.03. The Bertz CT molecular complexity index is 1070. The van der Waals surface area contributed by atoms with Gasteiger partial charge in [0.1, 0.15) is 11.3 Å². The van der Waals surface area contributed by atoms with Crippen LogP contribution >= 0.6 is 0 Å². The highest BCUT2D eigenvalue weighted by molar-refractivity contribution is 6.04. The highest BCUT2D eigenvalue weighted by atomic mass is 16.5. The van der Waals surface area contributed by atoms with E-state index in [0.29, 0.717) is 17.6 Å². The van der Waals surface area contributed by atoms with Crippen LogP contribution < -0.4 is 10.5 Å². The second-order valence-electron chi connectivity index (χ2n) is 6.60. The molecule has 2 aromatic carbocycles. The summed E-state index contributed by atoms with van der Waals surface area (Å²) in [6, 6.07) is 17.9. The van der Waals surface area contributed by atoms with Crippen LogP contribution in [0.25, 0.3) is 21.9 Å². The summed E-state index contributed by atoms with van der Waals surface area (Å²) in [4.78, 5) is 4.77. The molecule has 5 nitrogen and oxygen atoms in total. The first-order valence-electron chi connectivity index (χ1n) is 9.03. The molecular weight excluding hydrogens is 324 g/mol. The number of nitrogen functional groups attached to an aromatic ring is 1. The van der Waals surface area contributed by atoms with Crippen molar-refractivity contribution in [1.82, 2.24) is 9.55 Å². The Hall–Kier alpha value is -3.08. The van der Waals surface area contributed by atoms with Gasteiger partial charge in [-0.25, -0.2) is 9.71 Å². The highest BCUT2D eigenvalue weighted by Crippen LogP contribution is 2.29. The molecule has 2 aromatic heterocycles. The fraction of sp³-hybridized carbons (Fsp3) is 0.238. The third kappa shape index (κ3) is 2.65. The number of nitrogens with two attached hydrogens (primary N) is 1. The van der Waals surface area contributed by atoms with E-state index in [1.165, 1.54) is 5.56 Å². The molecule has 0 saturated carbocycles. The van der Waals surface area contributed by atoms with Crippen molar-refractivity contribution in [2.24, 2.45) is 0 Å². The van der Waals surface area contributed by atoms with Gasteiger partial charge in [-0.3, -0.25) is 5.73 Å². The second-order valence-corrected chi connectivity index (χ2v) is 6.60. The summed E-state index contributed by atoms with van der Waals surface area (Å²) in [6.07, 6.45) is 3.00. The molecule has 0 aliphatic rings. The third-order valence-corrected chi connectivity index (χ3v) is 4.82. The molecular formula is C21H22N4O. The number of rotatable bonds is 5. The zero-order valence-electron chi connectivity index (χ0n) is 14.9. The van der Waals surface area contributed by atoms with Gasteiger partial charge in [-0.15, -0.1) is 0 Å². The summed E-state index contributed by atoms with van der Waals surface area (Å²) in [5.41, 5.74) is 9.48. The lowest BCUT2D eigenvalue weighted by Gasteiger charge is -2.13. The van der Waals surface area contributed by atoms with Gasteiger partial charge in [0, 0.05) is 18.4 Å². The monoisotopic (exact) mass is 346 g/mol. The van der Waals surface area contributed by atoms with Crippen molar-refractivity contribution in [3.8, 4) is 0 Å². The number of aryl methyl sites for hydroxylation is 1. The van der Waals surface area contributed by atoms with Crippen LogP contribution in [0.5, 0.6) is 0 Å². The lowest BCUT2D eigenvalue weighted by molar-refractivity contribution is -0.559. The Morgan fingerprint density at radius 3 is 2.58 bits per heavy atom. The minimum absolute atomic E-state index is 0.170. The van der Waals surface area contributed by atoms with Gasteiger partial charge in [0.25, 0.3) is 0 Å². The smallest absolute Gasteiger partial charge is 0.304 e. The molecule has 0 spiro atoms. The van der Waals surface area contributed by atoms with Crippen LogP contribution in [0.4, 0.5) is 5.82 Å². The summed E-state index contributed by atoms with van der Waals surface area (Å²) in [6.45, 7) is 2.88. The van der Waals surface area contributed by atoms with E-state index >= 15 is 0 Å². The second kappa shape index (κ2) is 6.67. The maximum Gasteiger partial charge on any atom is 0.304 e. The lowest BCUT2D eigenvalue weighted by Crippen LogP contribution is -2.31. The standard InChI is InChI=1S/C21H22N4O/c1-2-3-13-18-23-19-20(24(18)14-15-9-5-4-6-10-15)16-11-7-8-12-17(16)25(26)21(19)22/h4-12H,2-3,13-14,22H2,1H3. The van der Waals surface area contributed by atoms with Crippen LogP contribution in [0.1, 0.15) is 31.2 Å². The summed E-state index contributed by atoms with van der Waals surface area (Å²) in [5.74, 6) is 1.15. The number of nitrogens with zero attached hydrogens (tertiary/aromatic N) is 3. The number of imidazole rings is 1. The first-order chi connectivity index (χ1) is 12.7. The number of aromatic nitrogens is 3. The maximum atomic E-state index is 12.6. The molecule has 26 heavy (non-hydrogen) atoms. The molecule has 0 amide bonds. The van der Waals surface area contributed by atoms with E-state index in [1.807, 2.05) is 42.5 Å². The van der Waals surface area contributed by atoms with Crippen LogP contribution in [0.3, 0.4) is 0 Å². The predicted molar refractivity (Wildman–Crippen MR) is 105 cm³/mol. The Morgan fingerprint density at radius 2 is 1.81 bits per heavy atom. The van der Waals surface area contributed by atoms with Crippen molar-refractivity contribution in [1.29, 1.82) is 0 Å². The molecule has 0 atom stereocenters. The average molecular weight is 346 g/mol. The Balaban J connectivity index is 2.02. The molecule has 5 heteroatoms. The van der Waals surface area contributed by atoms with Gasteiger partial charge in [-0.1, -0.05) is 55.8 Å². The molecule has 132 valence electrons. The fourth-order valence-corrected chi connectivity index (χ4v) is 3.49. The van der Waals surface area contributed by atoms with Crippen molar-refractivity contribution in [2.45, 2.75) is 32.7 Å². The van der Waals surface area contributed by atoms with E-state index in [1.54, 1.807) is 0 Å². The van der Waals surface area contributed by atoms with Gasteiger partial charge in [-0.05, 0) is 24.1 Å². The predicted octanol–water partition coefficient (Wildman–Crippen LogP) is 3.80. The van der Waals surface area contributed by atoms with Crippen LogP contribution in [0.15, 0.2) is 54.6 Å². The molecule has 0 aliphatic heterocycles. The summed E-state index contributed by atoms with van der Waals surface area (Å²) in [7, 11) is 0. The summed E-state index contributed by atoms with van der Waals surface area (Å²) in [5, 5.41) is 13.5. The normalized spacial score (nSPS) is 11.4. The number of anilines is 1. The van der Waals surface area contributed by atoms with Crippen molar-refractivity contribution >= 4 is 27.8 Å². The summed E-state index contributed by atoms with van der Waals surface area (Å²) >= 11 is 0. The molecule has 4 rings (SSSR count). The number of unbranched alkanes of at least 4 members (excludes halogenated alkanes) is 1. The van der Waals surface area contributed by atoms with E-state index in [9.17, 15) is 5.21 Å². The highest BCUT2D eigenvalue weighted by Gasteiger charge is 2.21. The summed E-state index contributed by atoms with van der Waals surface area (Å²) < 4.78 is 3.01. The fourth-order valence-electron chi connectivity index (χ4n) is 3.49. The van der Waals surface area contributed by atoms with Gasteiger partial charge in [-0.2, -0.15) is 0 Å². The average Bonchev–Trinajstić information content (AvgIpc) is 3.04. The van der Waals surface area contributed by atoms with E-state index in [0.717, 1.165) is 40.7 Å². The Morgan fingerprint density at radius 1 is 1.08 bits per heavy atom. The number of benzene rings is 2. The van der Waals surface area contributed by atoms with Crippen LogP contribution in [-0.2, 0) is 13.0 Å². The molecule has 4 aromatic rings. The minimum Gasteiger partial charge on any atom is -0.710 e. The number of pyridine rings is 1. The first kappa shape index (κ1) is 16.4. The quantitative estimate of drug-likeness (QED) is 0.441. The van der Waals surface area contributed by atoms with Crippen molar-refractivity contribution in [3.63, 3.8) is 0 Å². The number of hydrogen-bond acceptors (Lipinski definition) is 3. The van der Waals surface area contributed by atoms with Crippen LogP contribution in [0.2, 0.25) is 0 Å². The maximum absolute atomic E-state index is 12.6. The molecule has 2 N–H and O–H groups in total. The minimum atomic E-state index is 0.170. The van der Waals surface area contributed by atoms with Crippen molar-refractivity contribution in [3.05, 3.63) is 71.2 Å². The third-order valence-electron chi connectivity index (χ3n) is 4.82. The van der Waals surface area contributed by atoms with Crippen LogP contribution in [0, 0.1) is 5.21 Å². The zero-order chi connectivity index (χ0) is 18.1. The van der Waals surface area contributed by atoms with E-state index in [-0.39, 0.29) is 5.82 Å². The Labute approximate surface area is 152 Å². The Kier molecular flexibility index (Phi) is 4.21. The molecule has 0 saturated heterocycles. The SMILES string of the molecule is CCCCc1nc2c(N)[n+]([O-])c3ccccc3c2n1Cc1ccccc1. The van der Waals surface area contributed by atoms with Crippen LogP contribution in [-0.4, -0.2) is 9.55 Å². The molecule has 2 heterocycles. The number of hydrogen-bond donors (Lipinski definition) is 1. The lowest BCUT2D eigenvalue weighted by atomic mass is 10.1. The van der Waals surface area contributed by atoms with E-state index in [2.05, 4.69) is 23.6 Å². The van der Waals surface area contributed by atoms with Gasteiger partial charge in [0.2, 0.25) is 0 Å². The van der Waals surface area contributed by atoms with Crippen molar-refractivity contribution < 1.29 is 4.73 Å². The zero-order valence-corrected chi connectivity index (χ0v) is 14.9. The van der Waals surface area contributed by atoms with Gasteiger partial charge >= 0.3 is 5.82 Å².